The van der Waals surface area contributed by atoms with Crippen LogP contribution in [0.5, 0.6) is 0 Å². The largest absolute Gasteiger partial charge is 0.303 e. The van der Waals surface area contributed by atoms with Crippen LogP contribution in [0.15, 0.2) is 23.4 Å². The van der Waals surface area contributed by atoms with Crippen LogP contribution in [-0.2, 0) is 0 Å². The Hall–Kier alpha value is -0.610. The number of nitrogens with zero attached hydrogens (tertiary/aromatic N) is 2. The van der Waals surface area contributed by atoms with E-state index < -0.39 is 0 Å². The third-order valence-corrected chi connectivity index (χ3v) is 3.78. The fraction of sp³-hybridized carbons (Fsp3) is 0.583. The van der Waals surface area contributed by atoms with Gasteiger partial charge >= 0.3 is 0 Å². The van der Waals surface area contributed by atoms with Crippen molar-refractivity contribution in [1.82, 2.24) is 9.88 Å². The fourth-order valence-corrected chi connectivity index (χ4v) is 2.82. The summed E-state index contributed by atoms with van der Waals surface area (Å²) in [4.78, 5) is 6.49. The van der Waals surface area contributed by atoms with Gasteiger partial charge in [-0.3, -0.25) is 0 Å². The topological polar surface area (TPSA) is 16.1 Å². The molecule has 16 heavy (non-hydrogen) atoms. The van der Waals surface area contributed by atoms with Crippen LogP contribution in [0.4, 0.5) is 4.39 Å². The zero-order valence-electron chi connectivity index (χ0n) is 9.36. The Bertz CT molecular complexity index is 327. The quantitative estimate of drug-likeness (QED) is 0.753. The molecule has 1 fully saturated rings. The molecule has 0 spiro atoms. The van der Waals surface area contributed by atoms with Gasteiger partial charge in [-0.05, 0) is 38.1 Å². The van der Waals surface area contributed by atoms with Crippen LogP contribution in [0.3, 0.4) is 0 Å². The molecule has 0 saturated carbocycles. The van der Waals surface area contributed by atoms with Crippen molar-refractivity contribution in [2.24, 2.45) is 0 Å². The molecule has 1 aliphatic rings. The second kappa shape index (κ2) is 6.21. The first-order valence-corrected chi connectivity index (χ1v) is 6.80. The number of halogens is 1. The van der Waals surface area contributed by atoms with Gasteiger partial charge in [-0.1, -0.05) is 6.42 Å². The standard InChI is InChI=1S/C12H17FN2S/c13-11-5-4-6-14-12(11)16-10-9-15-7-2-1-3-8-15/h4-6H,1-3,7-10H2. The van der Waals surface area contributed by atoms with Gasteiger partial charge in [-0.15, -0.1) is 11.8 Å². The van der Waals surface area contributed by atoms with Gasteiger partial charge < -0.3 is 4.90 Å². The molecule has 1 saturated heterocycles. The second-order valence-electron chi connectivity index (χ2n) is 4.04. The molecule has 0 aliphatic carbocycles. The van der Waals surface area contributed by atoms with Crippen molar-refractivity contribution in [3.05, 3.63) is 24.1 Å². The summed E-state index contributed by atoms with van der Waals surface area (Å²) in [6, 6.07) is 3.10. The maximum atomic E-state index is 13.3. The first kappa shape index (κ1) is 11.9. The average molecular weight is 240 g/mol. The van der Waals surface area contributed by atoms with E-state index >= 15 is 0 Å². The molecule has 2 heterocycles. The predicted molar refractivity (Wildman–Crippen MR) is 65.2 cm³/mol. The zero-order valence-corrected chi connectivity index (χ0v) is 10.2. The number of hydrogen-bond donors (Lipinski definition) is 0. The van der Waals surface area contributed by atoms with E-state index in [0.717, 1.165) is 12.3 Å². The van der Waals surface area contributed by atoms with Gasteiger partial charge in [0.2, 0.25) is 0 Å². The second-order valence-corrected chi connectivity index (χ2v) is 5.12. The minimum atomic E-state index is -0.203. The van der Waals surface area contributed by atoms with E-state index in [1.165, 1.54) is 50.2 Å². The summed E-state index contributed by atoms with van der Waals surface area (Å²) in [6.07, 6.45) is 5.62. The van der Waals surface area contributed by atoms with Gasteiger partial charge in [0.25, 0.3) is 0 Å². The Balaban J connectivity index is 1.73. The number of likely N-dealkylation sites (tertiary alicyclic amines) is 1. The number of thioether (sulfide) groups is 1. The van der Waals surface area contributed by atoms with Crippen LogP contribution in [0, 0.1) is 5.82 Å². The Labute approximate surface area is 100 Å². The lowest BCUT2D eigenvalue weighted by molar-refractivity contribution is 0.242. The van der Waals surface area contributed by atoms with Crippen LogP contribution in [0.1, 0.15) is 19.3 Å². The average Bonchev–Trinajstić information content (AvgIpc) is 2.33. The van der Waals surface area contributed by atoms with Crippen molar-refractivity contribution in [2.75, 3.05) is 25.4 Å². The van der Waals surface area contributed by atoms with Gasteiger partial charge in [-0.25, -0.2) is 9.37 Å². The van der Waals surface area contributed by atoms with Crippen LogP contribution in [-0.4, -0.2) is 35.3 Å². The predicted octanol–water partition coefficient (Wildman–Crippen LogP) is 2.80. The Kier molecular flexibility index (Phi) is 4.60. The maximum Gasteiger partial charge on any atom is 0.155 e. The minimum absolute atomic E-state index is 0.203. The smallest absolute Gasteiger partial charge is 0.155 e. The van der Waals surface area contributed by atoms with Crippen LogP contribution >= 0.6 is 11.8 Å². The molecule has 0 aromatic carbocycles. The van der Waals surface area contributed by atoms with E-state index in [9.17, 15) is 4.39 Å². The minimum Gasteiger partial charge on any atom is -0.303 e. The molecule has 88 valence electrons. The molecular formula is C12H17FN2S. The summed E-state index contributed by atoms with van der Waals surface area (Å²) < 4.78 is 13.3. The van der Waals surface area contributed by atoms with Crippen molar-refractivity contribution in [3.8, 4) is 0 Å². The van der Waals surface area contributed by atoms with Crippen molar-refractivity contribution < 1.29 is 4.39 Å². The van der Waals surface area contributed by atoms with E-state index in [1.54, 1.807) is 12.3 Å². The normalized spacial score (nSPS) is 17.6. The lowest BCUT2D eigenvalue weighted by Crippen LogP contribution is -2.31. The van der Waals surface area contributed by atoms with Crippen molar-refractivity contribution in [3.63, 3.8) is 0 Å². The molecule has 1 aromatic heterocycles. The van der Waals surface area contributed by atoms with E-state index in [2.05, 4.69) is 9.88 Å². The highest BCUT2D eigenvalue weighted by Crippen LogP contribution is 2.19. The number of pyridine rings is 1. The molecule has 0 atom stereocenters. The third kappa shape index (κ3) is 3.46. The van der Waals surface area contributed by atoms with E-state index in [4.69, 9.17) is 0 Å². The summed E-state index contributed by atoms with van der Waals surface area (Å²) in [5.74, 6) is 0.722. The Morgan fingerprint density at radius 1 is 1.31 bits per heavy atom. The van der Waals surface area contributed by atoms with Gasteiger partial charge in [0.05, 0.1) is 0 Å². The van der Waals surface area contributed by atoms with Crippen LogP contribution in [0.2, 0.25) is 0 Å². The summed E-state index contributed by atoms with van der Waals surface area (Å²) >= 11 is 1.51. The van der Waals surface area contributed by atoms with Gasteiger partial charge in [0.15, 0.2) is 5.82 Å². The molecule has 1 aliphatic heterocycles. The summed E-state index contributed by atoms with van der Waals surface area (Å²) in [5, 5.41) is 0.527. The highest BCUT2D eigenvalue weighted by molar-refractivity contribution is 7.99. The van der Waals surface area contributed by atoms with Crippen LogP contribution < -0.4 is 0 Å². The SMILES string of the molecule is Fc1cccnc1SCCN1CCCCC1. The molecule has 0 unspecified atom stereocenters. The van der Waals surface area contributed by atoms with E-state index in [-0.39, 0.29) is 5.82 Å². The molecule has 1 aromatic rings. The van der Waals surface area contributed by atoms with Gasteiger partial charge in [0.1, 0.15) is 5.03 Å². The highest BCUT2D eigenvalue weighted by atomic mass is 32.2. The zero-order chi connectivity index (χ0) is 11.2. The molecule has 4 heteroatoms. The summed E-state index contributed by atoms with van der Waals surface area (Å²) in [7, 11) is 0. The Morgan fingerprint density at radius 2 is 2.12 bits per heavy atom. The van der Waals surface area contributed by atoms with Gasteiger partial charge in [-0.2, -0.15) is 0 Å². The summed E-state index contributed by atoms with van der Waals surface area (Å²) in [6.45, 7) is 3.44. The molecule has 2 rings (SSSR count). The molecular weight excluding hydrogens is 223 g/mol. The first-order chi connectivity index (χ1) is 7.86. The lowest BCUT2D eigenvalue weighted by atomic mass is 10.1. The van der Waals surface area contributed by atoms with E-state index in [1.807, 2.05) is 0 Å². The number of rotatable bonds is 4. The molecule has 2 nitrogen and oxygen atoms in total. The number of aromatic nitrogens is 1. The monoisotopic (exact) mass is 240 g/mol. The third-order valence-electron chi connectivity index (χ3n) is 2.82. The van der Waals surface area contributed by atoms with Crippen molar-refractivity contribution in [2.45, 2.75) is 24.3 Å². The Morgan fingerprint density at radius 3 is 2.88 bits per heavy atom. The van der Waals surface area contributed by atoms with Gasteiger partial charge in [0, 0.05) is 18.5 Å². The van der Waals surface area contributed by atoms with Crippen LogP contribution in [0.25, 0.3) is 0 Å². The number of hydrogen-bond acceptors (Lipinski definition) is 3. The van der Waals surface area contributed by atoms with E-state index in [0.29, 0.717) is 5.03 Å². The van der Waals surface area contributed by atoms with Crippen molar-refractivity contribution >= 4 is 11.8 Å². The molecule has 0 N–H and O–H groups in total. The first-order valence-electron chi connectivity index (χ1n) is 5.82. The molecule has 0 amide bonds. The highest BCUT2D eigenvalue weighted by Gasteiger charge is 2.10. The molecule has 0 radical (unpaired) electrons. The summed E-state index contributed by atoms with van der Waals surface area (Å²) in [5.41, 5.74) is 0. The number of piperidine rings is 1. The lowest BCUT2D eigenvalue weighted by Gasteiger charge is -2.25. The maximum absolute atomic E-state index is 13.3. The van der Waals surface area contributed by atoms with Crippen molar-refractivity contribution in [1.29, 1.82) is 0 Å². The fourth-order valence-electron chi connectivity index (χ4n) is 1.93. The molecule has 0 bridgehead atoms.